The fraction of sp³-hybridized carbons (Fsp3) is 0.529. The fourth-order valence-electron chi connectivity index (χ4n) is 3.27. The second-order valence-corrected chi connectivity index (χ2v) is 6.58. The van der Waals surface area contributed by atoms with Crippen molar-refractivity contribution in [1.29, 1.82) is 0 Å². The van der Waals surface area contributed by atoms with Gasteiger partial charge in [0.2, 0.25) is 11.8 Å². The standard InChI is InChI=1S/C17H22ClN3O2/c18-13-3-5-14(6-4-13)21-11-7-15(17(21)23)16(22)19-8-12-20-9-1-2-10-20/h3-6,15H,1-2,7-12H2,(H,19,22)/t15-/m0/s1. The smallest absolute Gasteiger partial charge is 0.239 e. The molecule has 2 heterocycles. The van der Waals surface area contributed by atoms with E-state index in [1.807, 2.05) is 12.1 Å². The lowest BCUT2D eigenvalue weighted by molar-refractivity contribution is -0.132. The van der Waals surface area contributed by atoms with Gasteiger partial charge in [-0.1, -0.05) is 11.6 Å². The molecule has 0 saturated carbocycles. The first kappa shape index (κ1) is 16.3. The minimum atomic E-state index is -0.566. The summed E-state index contributed by atoms with van der Waals surface area (Å²) in [4.78, 5) is 28.7. The maximum absolute atomic E-state index is 12.5. The highest BCUT2D eigenvalue weighted by Gasteiger charge is 2.37. The number of anilines is 1. The summed E-state index contributed by atoms with van der Waals surface area (Å²) in [5.74, 6) is -0.832. The molecular formula is C17H22ClN3O2. The average Bonchev–Trinajstić information content (AvgIpc) is 3.18. The highest BCUT2D eigenvalue weighted by molar-refractivity contribution is 6.30. The van der Waals surface area contributed by atoms with Crippen molar-refractivity contribution in [3.05, 3.63) is 29.3 Å². The molecule has 124 valence electrons. The van der Waals surface area contributed by atoms with Crippen molar-refractivity contribution >= 4 is 29.1 Å². The van der Waals surface area contributed by atoms with Gasteiger partial charge in [-0.05, 0) is 56.6 Å². The van der Waals surface area contributed by atoms with E-state index in [1.165, 1.54) is 12.8 Å². The van der Waals surface area contributed by atoms with Crippen LogP contribution < -0.4 is 10.2 Å². The normalized spacial score (nSPS) is 21.9. The van der Waals surface area contributed by atoms with Crippen LogP contribution in [-0.2, 0) is 9.59 Å². The molecule has 3 rings (SSSR count). The van der Waals surface area contributed by atoms with Gasteiger partial charge in [-0.15, -0.1) is 0 Å². The maximum Gasteiger partial charge on any atom is 0.239 e. The Labute approximate surface area is 141 Å². The summed E-state index contributed by atoms with van der Waals surface area (Å²) < 4.78 is 0. The lowest BCUT2D eigenvalue weighted by Gasteiger charge is -2.18. The highest BCUT2D eigenvalue weighted by atomic mass is 35.5. The van der Waals surface area contributed by atoms with Crippen molar-refractivity contribution in [3.63, 3.8) is 0 Å². The Morgan fingerprint density at radius 1 is 1.17 bits per heavy atom. The SMILES string of the molecule is O=C(NCCN1CCCC1)[C@@H]1CCN(c2ccc(Cl)cc2)C1=O. The average molecular weight is 336 g/mol. The third-order valence-electron chi connectivity index (χ3n) is 4.59. The lowest BCUT2D eigenvalue weighted by Crippen LogP contribution is -2.40. The van der Waals surface area contributed by atoms with Crippen LogP contribution in [0.2, 0.25) is 5.02 Å². The number of hydrogen-bond donors (Lipinski definition) is 1. The summed E-state index contributed by atoms with van der Waals surface area (Å²) in [6.07, 6.45) is 3.05. The second-order valence-electron chi connectivity index (χ2n) is 6.15. The van der Waals surface area contributed by atoms with Gasteiger partial charge in [0.15, 0.2) is 0 Å². The predicted octanol–water partition coefficient (Wildman–Crippen LogP) is 1.90. The number of benzene rings is 1. The van der Waals surface area contributed by atoms with E-state index in [9.17, 15) is 9.59 Å². The van der Waals surface area contributed by atoms with E-state index in [4.69, 9.17) is 11.6 Å². The number of hydrogen-bond acceptors (Lipinski definition) is 3. The van der Waals surface area contributed by atoms with Crippen LogP contribution in [0.25, 0.3) is 0 Å². The van der Waals surface area contributed by atoms with Crippen LogP contribution in [-0.4, -0.2) is 49.4 Å². The van der Waals surface area contributed by atoms with Gasteiger partial charge in [-0.25, -0.2) is 0 Å². The maximum atomic E-state index is 12.5. The van der Waals surface area contributed by atoms with Gasteiger partial charge in [0.25, 0.3) is 0 Å². The zero-order valence-electron chi connectivity index (χ0n) is 13.1. The molecule has 2 aliphatic rings. The molecule has 2 fully saturated rings. The summed E-state index contributed by atoms with van der Waals surface area (Å²) in [6, 6.07) is 7.14. The summed E-state index contributed by atoms with van der Waals surface area (Å²) >= 11 is 5.87. The van der Waals surface area contributed by atoms with Gasteiger partial charge >= 0.3 is 0 Å². The Morgan fingerprint density at radius 3 is 2.57 bits per heavy atom. The van der Waals surface area contributed by atoms with Crippen molar-refractivity contribution in [3.8, 4) is 0 Å². The van der Waals surface area contributed by atoms with Crippen molar-refractivity contribution in [2.24, 2.45) is 5.92 Å². The monoisotopic (exact) mass is 335 g/mol. The van der Waals surface area contributed by atoms with Gasteiger partial charge in [0.05, 0.1) is 0 Å². The first-order valence-corrected chi connectivity index (χ1v) is 8.60. The van der Waals surface area contributed by atoms with E-state index >= 15 is 0 Å². The Hall–Kier alpha value is -1.59. The Balaban J connectivity index is 1.51. The number of rotatable bonds is 5. The van der Waals surface area contributed by atoms with Gasteiger partial charge < -0.3 is 15.1 Å². The van der Waals surface area contributed by atoms with E-state index in [-0.39, 0.29) is 11.8 Å². The number of likely N-dealkylation sites (tertiary alicyclic amines) is 1. The molecule has 1 atom stereocenters. The molecule has 0 radical (unpaired) electrons. The van der Waals surface area contributed by atoms with Crippen LogP contribution in [0.1, 0.15) is 19.3 Å². The Bertz CT molecular complexity index is 570. The number of amides is 2. The lowest BCUT2D eigenvalue weighted by atomic mass is 10.1. The van der Waals surface area contributed by atoms with Crippen LogP contribution in [0, 0.1) is 5.92 Å². The van der Waals surface area contributed by atoms with Crippen LogP contribution in [0.5, 0.6) is 0 Å². The highest BCUT2D eigenvalue weighted by Crippen LogP contribution is 2.26. The Kier molecular flexibility index (Phi) is 5.18. The number of halogens is 1. The largest absolute Gasteiger partial charge is 0.354 e. The van der Waals surface area contributed by atoms with Crippen molar-refractivity contribution in [1.82, 2.24) is 10.2 Å². The number of nitrogens with zero attached hydrogens (tertiary/aromatic N) is 2. The fourth-order valence-corrected chi connectivity index (χ4v) is 3.39. The van der Waals surface area contributed by atoms with Crippen molar-refractivity contribution in [2.75, 3.05) is 37.6 Å². The number of carbonyl (C=O) groups excluding carboxylic acids is 2. The molecular weight excluding hydrogens is 314 g/mol. The van der Waals surface area contributed by atoms with Crippen LogP contribution in [0.3, 0.4) is 0 Å². The third-order valence-corrected chi connectivity index (χ3v) is 4.84. The van der Waals surface area contributed by atoms with E-state index in [1.54, 1.807) is 17.0 Å². The molecule has 0 spiro atoms. The van der Waals surface area contributed by atoms with E-state index in [0.717, 1.165) is 25.3 Å². The molecule has 0 bridgehead atoms. The van der Waals surface area contributed by atoms with Gasteiger partial charge in [0.1, 0.15) is 5.92 Å². The zero-order chi connectivity index (χ0) is 16.2. The summed E-state index contributed by atoms with van der Waals surface area (Å²) in [6.45, 7) is 4.28. The predicted molar refractivity (Wildman–Crippen MR) is 90.6 cm³/mol. The molecule has 1 N–H and O–H groups in total. The third kappa shape index (κ3) is 3.85. The van der Waals surface area contributed by atoms with Crippen LogP contribution in [0.15, 0.2) is 24.3 Å². The molecule has 0 unspecified atom stereocenters. The van der Waals surface area contributed by atoms with E-state index < -0.39 is 5.92 Å². The molecule has 1 aromatic carbocycles. The second kappa shape index (κ2) is 7.32. The quantitative estimate of drug-likeness (QED) is 0.836. The van der Waals surface area contributed by atoms with Crippen molar-refractivity contribution in [2.45, 2.75) is 19.3 Å². The first-order chi connectivity index (χ1) is 11.1. The molecule has 0 aliphatic carbocycles. The van der Waals surface area contributed by atoms with Crippen molar-refractivity contribution < 1.29 is 9.59 Å². The van der Waals surface area contributed by atoms with Crippen LogP contribution in [0.4, 0.5) is 5.69 Å². The van der Waals surface area contributed by atoms with Crippen LogP contribution >= 0.6 is 11.6 Å². The molecule has 2 saturated heterocycles. The summed E-state index contributed by atoms with van der Waals surface area (Å²) in [5, 5.41) is 3.55. The van der Waals surface area contributed by atoms with Gasteiger partial charge in [0, 0.05) is 30.3 Å². The molecule has 0 aromatic heterocycles. The topological polar surface area (TPSA) is 52.7 Å². The summed E-state index contributed by atoms with van der Waals surface area (Å²) in [7, 11) is 0. The number of nitrogens with one attached hydrogen (secondary N) is 1. The minimum Gasteiger partial charge on any atom is -0.354 e. The van der Waals surface area contributed by atoms with Gasteiger partial charge in [-0.2, -0.15) is 0 Å². The van der Waals surface area contributed by atoms with E-state index in [2.05, 4.69) is 10.2 Å². The molecule has 1 aromatic rings. The molecule has 23 heavy (non-hydrogen) atoms. The molecule has 2 aliphatic heterocycles. The first-order valence-electron chi connectivity index (χ1n) is 8.22. The van der Waals surface area contributed by atoms with Gasteiger partial charge in [-0.3, -0.25) is 9.59 Å². The minimum absolute atomic E-state index is 0.119. The molecule has 5 nitrogen and oxygen atoms in total. The molecule has 2 amide bonds. The zero-order valence-corrected chi connectivity index (χ0v) is 13.9. The van der Waals surface area contributed by atoms with E-state index in [0.29, 0.717) is 24.5 Å². The summed E-state index contributed by atoms with van der Waals surface area (Å²) in [5.41, 5.74) is 0.798. The molecule has 6 heteroatoms. The number of carbonyl (C=O) groups is 2. The Morgan fingerprint density at radius 2 is 1.87 bits per heavy atom.